The smallest absolute Gasteiger partial charge is 0.307 e. The molecule has 5 heteroatoms. The van der Waals surface area contributed by atoms with Gasteiger partial charge in [0.2, 0.25) is 0 Å². The molecule has 19 heavy (non-hydrogen) atoms. The summed E-state index contributed by atoms with van der Waals surface area (Å²) in [5.41, 5.74) is 0.463. The van der Waals surface area contributed by atoms with E-state index < -0.39 is 5.97 Å². The third kappa shape index (κ3) is 3.39. The number of carboxylic acid groups (broad SMARTS) is 1. The van der Waals surface area contributed by atoms with E-state index in [-0.39, 0.29) is 17.9 Å². The molecule has 2 N–H and O–H groups in total. The van der Waals surface area contributed by atoms with Crippen molar-refractivity contribution < 1.29 is 19.7 Å². The Bertz CT molecular complexity index is 610. The van der Waals surface area contributed by atoms with Crippen molar-refractivity contribution in [2.45, 2.75) is 6.42 Å². The van der Waals surface area contributed by atoms with Gasteiger partial charge in [0, 0.05) is 11.6 Å². The van der Waals surface area contributed by atoms with Gasteiger partial charge in [0.1, 0.15) is 17.2 Å². The lowest BCUT2D eigenvalue weighted by atomic mass is 10.1. The van der Waals surface area contributed by atoms with E-state index in [2.05, 4.69) is 0 Å². The molecule has 0 radical (unpaired) electrons. The zero-order valence-corrected chi connectivity index (χ0v) is 10.6. The van der Waals surface area contributed by atoms with Crippen LogP contribution < -0.4 is 4.74 Å². The van der Waals surface area contributed by atoms with E-state index in [1.165, 1.54) is 18.2 Å². The molecule has 2 aromatic rings. The van der Waals surface area contributed by atoms with Gasteiger partial charge in [-0.25, -0.2) is 0 Å². The van der Waals surface area contributed by atoms with Crippen LogP contribution in [0.4, 0.5) is 0 Å². The lowest BCUT2D eigenvalue weighted by Crippen LogP contribution is -2.02. The van der Waals surface area contributed by atoms with E-state index in [0.29, 0.717) is 16.3 Å². The van der Waals surface area contributed by atoms with Crippen molar-refractivity contribution in [3.63, 3.8) is 0 Å². The van der Waals surface area contributed by atoms with E-state index in [1.54, 1.807) is 24.3 Å². The number of rotatable bonds is 4. The van der Waals surface area contributed by atoms with Crippen molar-refractivity contribution in [2.24, 2.45) is 0 Å². The molecule has 0 bridgehead atoms. The van der Waals surface area contributed by atoms with Crippen LogP contribution in [0.25, 0.3) is 0 Å². The van der Waals surface area contributed by atoms with Gasteiger partial charge in [0.05, 0.1) is 11.4 Å². The maximum absolute atomic E-state index is 10.8. The third-order valence-electron chi connectivity index (χ3n) is 2.45. The summed E-state index contributed by atoms with van der Waals surface area (Å²) >= 11 is 5.97. The first-order valence-corrected chi connectivity index (χ1v) is 5.90. The number of phenols is 1. The molecule has 0 aliphatic heterocycles. The van der Waals surface area contributed by atoms with E-state index >= 15 is 0 Å². The van der Waals surface area contributed by atoms with E-state index in [0.717, 1.165) is 0 Å². The van der Waals surface area contributed by atoms with Gasteiger partial charge in [-0.1, -0.05) is 29.8 Å². The quantitative estimate of drug-likeness (QED) is 0.899. The van der Waals surface area contributed by atoms with Crippen LogP contribution in [-0.4, -0.2) is 16.2 Å². The summed E-state index contributed by atoms with van der Waals surface area (Å²) in [5, 5.41) is 18.7. The highest BCUT2D eigenvalue weighted by molar-refractivity contribution is 6.32. The maximum Gasteiger partial charge on any atom is 0.307 e. The molecular formula is C14H11ClO4. The van der Waals surface area contributed by atoms with Gasteiger partial charge in [-0.15, -0.1) is 0 Å². The Kier molecular flexibility index (Phi) is 3.92. The fourth-order valence-electron chi connectivity index (χ4n) is 1.59. The van der Waals surface area contributed by atoms with Crippen molar-refractivity contribution in [1.29, 1.82) is 0 Å². The van der Waals surface area contributed by atoms with Gasteiger partial charge in [-0.2, -0.15) is 0 Å². The van der Waals surface area contributed by atoms with Crippen molar-refractivity contribution in [1.82, 2.24) is 0 Å². The molecule has 0 unspecified atom stereocenters. The van der Waals surface area contributed by atoms with Gasteiger partial charge in [0.25, 0.3) is 0 Å². The van der Waals surface area contributed by atoms with Crippen LogP contribution >= 0.6 is 11.6 Å². The Labute approximate surface area is 114 Å². The highest BCUT2D eigenvalue weighted by Crippen LogP contribution is 2.33. The number of phenolic OH excluding ortho intramolecular Hbond substituents is 1. The molecule has 0 spiro atoms. The fourth-order valence-corrected chi connectivity index (χ4v) is 1.77. The van der Waals surface area contributed by atoms with E-state index in [1.807, 2.05) is 0 Å². The molecule has 0 saturated carbocycles. The first kappa shape index (κ1) is 13.2. The predicted octanol–water partition coefficient (Wildman–Crippen LogP) is 3.47. The minimum absolute atomic E-state index is 0.00353. The second kappa shape index (κ2) is 5.63. The van der Waals surface area contributed by atoms with E-state index in [9.17, 15) is 9.90 Å². The topological polar surface area (TPSA) is 66.8 Å². The highest BCUT2D eigenvalue weighted by atomic mass is 35.5. The monoisotopic (exact) mass is 278 g/mol. The number of aromatic hydroxyl groups is 1. The Hall–Kier alpha value is -2.20. The molecule has 0 atom stereocenters. The molecule has 4 nitrogen and oxygen atoms in total. The Morgan fingerprint density at radius 1 is 1.16 bits per heavy atom. The number of benzene rings is 2. The number of hydrogen-bond acceptors (Lipinski definition) is 3. The third-order valence-corrected chi connectivity index (χ3v) is 2.76. The zero-order chi connectivity index (χ0) is 13.8. The standard InChI is InChI=1S/C14H11ClO4/c15-11-3-1-2-4-12(11)19-13-8-10(16)6-5-9(13)7-14(17)18/h1-6,8,16H,7H2,(H,17,18). The lowest BCUT2D eigenvalue weighted by molar-refractivity contribution is -0.136. The van der Waals surface area contributed by atoms with Crippen LogP contribution in [0.1, 0.15) is 5.56 Å². The molecule has 0 aromatic heterocycles. The summed E-state index contributed by atoms with van der Waals surface area (Å²) in [7, 11) is 0. The Morgan fingerprint density at radius 3 is 2.58 bits per heavy atom. The normalized spacial score (nSPS) is 10.2. The number of carboxylic acids is 1. The van der Waals surface area contributed by atoms with Crippen molar-refractivity contribution >= 4 is 17.6 Å². The van der Waals surface area contributed by atoms with Crippen LogP contribution in [-0.2, 0) is 11.2 Å². The largest absolute Gasteiger partial charge is 0.508 e. The lowest BCUT2D eigenvalue weighted by Gasteiger charge is -2.11. The number of halogens is 1. The summed E-state index contributed by atoms with van der Waals surface area (Å²) in [6, 6.07) is 11.1. The van der Waals surface area contributed by atoms with Crippen molar-refractivity contribution in [2.75, 3.05) is 0 Å². The molecule has 0 aliphatic carbocycles. The molecule has 2 aromatic carbocycles. The molecular weight excluding hydrogens is 268 g/mol. The summed E-state index contributed by atoms with van der Waals surface area (Å²) in [6.45, 7) is 0. The van der Waals surface area contributed by atoms with Crippen molar-refractivity contribution in [3.8, 4) is 17.2 Å². The van der Waals surface area contributed by atoms with Crippen LogP contribution in [0, 0.1) is 0 Å². The summed E-state index contributed by atoms with van der Waals surface area (Å²) < 4.78 is 5.57. The van der Waals surface area contributed by atoms with Crippen LogP contribution in [0.2, 0.25) is 5.02 Å². The van der Waals surface area contributed by atoms with Gasteiger partial charge in [-0.3, -0.25) is 4.79 Å². The molecule has 0 heterocycles. The number of hydrogen-bond donors (Lipinski definition) is 2. The molecule has 0 saturated heterocycles. The number of para-hydroxylation sites is 1. The minimum atomic E-state index is -0.977. The predicted molar refractivity (Wildman–Crippen MR) is 71.0 cm³/mol. The summed E-state index contributed by atoms with van der Waals surface area (Å²) in [6.07, 6.45) is -0.194. The SMILES string of the molecule is O=C(O)Cc1ccc(O)cc1Oc1ccccc1Cl. The van der Waals surface area contributed by atoms with Crippen LogP contribution in [0.3, 0.4) is 0 Å². The van der Waals surface area contributed by atoms with Gasteiger partial charge in [-0.05, 0) is 18.2 Å². The molecule has 2 rings (SSSR count). The number of aliphatic carboxylic acids is 1. The van der Waals surface area contributed by atoms with Gasteiger partial charge in [0.15, 0.2) is 0 Å². The summed E-state index contributed by atoms with van der Waals surface area (Å²) in [5.74, 6) is -0.303. The minimum Gasteiger partial charge on any atom is -0.508 e. The second-order valence-electron chi connectivity index (χ2n) is 3.90. The molecule has 98 valence electrons. The molecule has 0 amide bonds. The van der Waals surface area contributed by atoms with Gasteiger partial charge < -0.3 is 14.9 Å². The average molecular weight is 279 g/mol. The van der Waals surface area contributed by atoms with Crippen LogP contribution in [0.5, 0.6) is 17.2 Å². The Balaban J connectivity index is 2.35. The number of ether oxygens (including phenoxy) is 1. The molecule has 0 aliphatic rings. The number of carbonyl (C=O) groups is 1. The van der Waals surface area contributed by atoms with Crippen LogP contribution in [0.15, 0.2) is 42.5 Å². The van der Waals surface area contributed by atoms with Crippen molar-refractivity contribution in [3.05, 3.63) is 53.1 Å². The maximum atomic E-state index is 10.8. The molecule has 0 fully saturated rings. The van der Waals surface area contributed by atoms with E-state index in [4.69, 9.17) is 21.4 Å². The fraction of sp³-hybridized carbons (Fsp3) is 0.0714. The van der Waals surface area contributed by atoms with Gasteiger partial charge >= 0.3 is 5.97 Å². The summed E-state index contributed by atoms with van der Waals surface area (Å²) in [4.78, 5) is 10.8. The first-order valence-electron chi connectivity index (χ1n) is 5.52. The average Bonchev–Trinajstić information content (AvgIpc) is 2.35. The highest BCUT2D eigenvalue weighted by Gasteiger charge is 2.11. The zero-order valence-electron chi connectivity index (χ0n) is 9.84. The Morgan fingerprint density at radius 2 is 1.89 bits per heavy atom. The second-order valence-corrected chi connectivity index (χ2v) is 4.30. The first-order chi connectivity index (χ1) is 9.06.